The van der Waals surface area contributed by atoms with Crippen LogP contribution in [0.15, 0.2) is 0 Å². The number of hydrogen-bond acceptors (Lipinski definition) is 4. The quantitative estimate of drug-likeness (QED) is 0.806. The Morgan fingerprint density at radius 3 is 2.22 bits per heavy atom. The lowest BCUT2D eigenvalue weighted by Crippen LogP contribution is -2.43. The highest BCUT2D eigenvalue weighted by Crippen LogP contribution is 2.30. The van der Waals surface area contributed by atoms with Gasteiger partial charge in [0, 0.05) is 5.92 Å². The molecular weight excluding hydrogens is 232 g/mol. The summed E-state index contributed by atoms with van der Waals surface area (Å²) in [6, 6.07) is 0. The van der Waals surface area contributed by atoms with Crippen molar-refractivity contribution in [2.45, 2.75) is 64.8 Å². The monoisotopic (exact) mass is 254 g/mol. The minimum absolute atomic E-state index is 0.205. The molecule has 1 aromatic heterocycles. The summed E-state index contributed by atoms with van der Waals surface area (Å²) in [6.07, 6.45) is 2.74. The van der Waals surface area contributed by atoms with Crippen LogP contribution in [0.1, 0.15) is 65.1 Å². The summed E-state index contributed by atoms with van der Waals surface area (Å²) >= 11 is 0. The van der Waals surface area contributed by atoms with Crippen LogP contribution >= 0.6 is 0 Å². The minimum Gasteiger partial charge on any atom is -0.479 e. The Balaban J connectivity index is 3.30. The first-order valence-electron chi connectivity index (χ1n) is 6.59. The maximum Gasteiger partial charge on any atom is 0.331 e. The molecule has 0 aliphatic carbocycles. The third-order valence-electron chi connectivity index (χ3n) is 3.82. The molecule has 1 heterocycles. The maximum absolute atomic E-state index is 11.6. The summed E-state index contributed by atoms with van der Waals surface area (Å²) in [4.78, 5) is 11.6. The highest BCUT2D eigenvalue weighted by atomic mass is 16.4. The number of aromatic nitrogens is 4. The van der Waals surface area contributed by atoms with Gasteiger partial charge in [-0.15, -0.1) is 5.10 Å². The molecule has 102 valence electrons. The summed E-state index contributed by atoms with van der Waals surface area (Å²) in [5.74, 6) is 0.0231. The molecule has 6 heteroatoms. The number of hydrogen-bond donors (Lipinski definition) is 1. The van der Waals surface area contributed by atoms with Crippen molar-refractivity contribution >= 4 is 5.97 Å². The molecule has 0 bridgehead atoms. The first kappa shape index (κ1) is 14.6. The minimum atomic E-state index is -1.03. The van der Waals surface area contributed by atoms with Crippen molar-refractivity contribution in [1.82, 2.24) is 20.2 Å². The van der Waals surface area contributed by atoms with Gasteiger partial charge >= 0.3 is 5.97 Å². The fourth-order valence-corrected chi connectivity index (χ4v) is 2.35. The number of aliphatic carboxylic acids is 1. The summed E-state index contributed by atoms with van der Waals surface area (Å²) in [6.45, 7) is 7.84. The molecule has 0 radical (unpaired) electrons. The zero-order valence-electron chi connectivity index (χ0n) is 11.6. The molecule has 0 amide bonds. The number of tetrazole rings is 1. The summed E-state index contributed by atoms with van der Waals surface area (Å²) in [5.41, 5.74) is -1.03. The predicted octanol–water partition coefficient (Wildman–Crippen LogP) is 2.18. The molecule has 0 atom stereocenters. The van der Waals surface area contributed by atoms with E-state index in [0.29, 0.717) is 18.7 Å². The lowest BCUT2D eigenvalue weighted by atomic mass is 9.91. The van der Waals surface area contributed by atoms with Gasteiger partial charge in [-0.1, -0.05) is 27.7 Å². The summed E-state index contributed by atoms with van der Waals surface area (Å²) < 4.78 is 1.52. The van der Waals surface area contributed by atoms with Gasteiger partial charge in [0.2, 0.25) is 0 Å². The van der Waals surface area contributed by atoms with Crippen molar-refractivity contribution in [1.29, 1.82) is 0 Å². The third-order valence-corrected chi connectivity index (χ3v) is 3.82. The van der Waals surface area contributed by atoms with E-state index in [0.717, 1.165) is 12.8 Å². The van der Waals surface area contributed by atoms with E-state index in [2.05, 4.69) is 29.4 Å². The number of rotatable bonds is 7. The molecule has 1 rings (SSSR count). The molecule has 6 nitrogen and oxygen atoms in total. The molecule has 0 aliphatic rings. The smallest absolute Gasteiger partial charge is 0.331 e. The first-order valence-corrected chi connectivity index (χ1v) is 6.59. The van der Waals surface area contributed by atoms with Crippen LogP contribution in [0.5, 0.6) is 0 Å². The van der Waals surface area contributed by atoms with Crippen LogP contribution in [0.2, 0.25) is 0 Å². The molecular formula is C12H22N4O2. The van der Waals surface area contributed by atoms with Crippen molar-refractivity contribution in [2.75, 3.05) is 0 Å². The van der Waals surface area contributed by atoms with E-state index in [1.807, 2.05) is 13.8 Å². The Labute approximate surface area is 107 Å². The Morgan fingerprint density at radius 2 is 1.83 bits per heavy atom. The van der Waals surface area contributed by atoms with Gasteiger partial charge in [0.25, 0.3) is 0 Å². The van der Waals surface area contributed by atoms with Crippen LogP contribution in [-0.2, 0) is 10.3 Å². The largest absolute Gasteiger partial charge is 0.479 e. The van der Waals surface area contributed by atoms with E-state index >= 15 is 0 Å². The highest BCUT2D eigenvalue weighted by molar-refractivity contribution is 5.76. The third kappa shape index (κ3) is 2.23. The fourth-order valence-electron chi connectivity index (χ4n) is 2.35. The van der Waals surface area contributed by atoms with Gasteiger partial charge in [0.05, 0.1) is 0 Å². The number of carboxylic acid groups (broad SMARTS) is 1. The van der Waals surface area contributed by atoms with Gasteiger partial charge in [-0.2, -0.15) is 0 Å². The van der Waals surface area contributed by atoms with Crippen molar-refractivity contribution < 1.29 is 9.90 Å². The Morgan fingerprint density at radius 1 is 1.28 bits per heavy atom. The molecule has 0 saturated carbocycles. The molecule has 0 unspecified atom stereocenters. The number of nitrogens with zero attached hydrogens (tertiary/aromatic N) is 4. The topological polar surface area (TPSA) is 80.9 Å². The Hall–Kier alpha value is -1.46. The number of carboxylic acids is 1. The number of carbonyl (C=O) groups is 1. The summed E-state index contributed by atoms with van der Waals surface area (Å²) in [7, 11) is 0. The predicted molar refractivity (Wildman–Crippen MR) is 67.3 cm³/mol. The molecule has 0 spiro atoms. The van der Waals surface area contributed by atoms with E-state index in [9.17, 15) is 9.90 Å². The zero-order valence-corrected chi connectivity index (χ0v) is 11.6. The SMILES string of the molecule is CCC(CC)c1nnnn1C(CC)(CC)C(=O)O. The molecule has 1 aromatic rings. The molecule has 0 aromatic carbocycles. The van der Waals surface area contributed by atoms with Crippen LogP contribution in [0.25, 0.3) is 0 Å². The second kappa shape index (κ2) is 5.93. The molecule has 0 saturated heterocycles. The fraction of sp³-hybridized carbons (Fsp3) is 0.833. The van der Waals surface area contributed by atoms with Crippen LogP contribution in [0.4, 0.5) is 0 Å². The molecule has 1 N–H and O–H groups in total. The second-order valence-electron chi connectivity index (χ2n) is 4.51. The van der Waals surface area contributed by atoms with Gasteiger partial charge in [-0.05, 0) is 36.1 Å². The van der Waals surface area contributed by atoms with Crippen molar-refractivity contribution in [2.24, 2.45) is 0 Å². The van der Waals surface area contributed by atoms with Crippen LogP contribution in [0.3, 0.4) is 0 Å². The van der Waals surface area contributed by atoms with Gasteiger partial charge in [0.15, 0.2) is 11.4 Å². The zero-order chi connectivity index (χ0) is 13.8. The van der Waals surface area contributed by atoms with E-state index in [-0.39, 0.29) is 5.92 Å². The van der Waals surface area contributed by atoms with Crippen LogP contribution in [0, 0.1) is 0 Å². The van der Waals surface area contributed by atoms with Crippen LogP contribution < -0.4 is 0 Å². The lowest BCUT2D eigenvalue weighted by Gasteiger charge is -2.28. The van der Waals surface area contributed by atoms with E-state index in [1.54, 1.807) is 0 Å². The van der Waals surface area contributed by atoms with Crippen molar-refractivity contribution in [3.63, 3.8) is 0 Å². The van der Waals surface area contributed by atoms with E-state index in [1.165, 1.54) is 4.68 Å². The Bertz CT molecular complexity index is 395. The standard InChI is InChI=1S/C12H22N4O2/c1-5-9(6-2)10-13-14-15-16(10)12(7-3,8-4)11(17)18/h9H,5-8H2,1-4H3,(H,17,18). The first-order chi connectivity index (χ1) is 8.57. The van der Waals surface area contributed by atoms with E-state index in [4.69, 9.17) is 0 Å². The Kier molecular flexibility index (Phi) is 4.81. The van der Waals surface area contributed by atoms with Crippen molar-refractivity contribution in [3.8, 4) is 0 Å². The van der Waals surface area contributed by atoms with Gasteiger partial charge in [-0.3, -0.25) is 0 Å². The van der Waals surface area contributed by atoms with Gasteiger partial charge < -0.3 is 5.11 Å². The second-order valence-corrected chi connectivity index (χ2v) is 4.51. The molecule has 18 heavy (non-hydrogen) atoms. The summed E-state index contributed by atoms with van der Waals surface area (Å²) in [5, 5.41) is 21.2. The van der Waals surface area contributed by atoms with Crippen molar-refractivity contribution in [3.05, 3.63) is 5.82 Å². The average Bonchev–Trinajstić information content (AvgIpc) is 2.83. The van der Waals surface area contributed by atoms with E-state index < -0.39 is 11.5 Å². The normalized spacial score (nSPS) is 12.1. The average molecular weight is 254 g/mol. The maximum atomic E-state index is 11.6. The molecule has 0 aliphatic heterocycles. The highest BCUT2D eigenvalue weighted by Gasteiger charge is 2.41. The van der Waals surface area contributed by atoms with Gasteiger partial charge in [-0.25, -0.2) is 9.48 Å². The molecule has 0 fully saturated rings. The lowest BCUT2D eigenvalue weighted by molar-refractivity contribution is -0.149. The van der Waals surface area contributed by atoms with Gasteiger partial charge in [0.1, 0.15) is 0 Å². The van der Waals surface area contributed by atoms with Crippen LogP contribution in [-0.4, -0.2) is 31.3 Å².